The fraction of sp³-hybridized carbons (Fsp3) is 0.100. The van der Waals surface area contributed by atoms with Gasteiger partial charge in [-0.3, -0.25) is 0 Å². The average Bonchev–Trinajstić information content (AvgIpc) is 2.69. The Hall–Kier alpha value is -2.39. The fourth-order valence-corrected chi connectivity index (χ4v) is 1.23. The van der Waals surface area contributed by atoms with E-state index in [0.717, 1.165) is 0 Å². The Morgan fingerprint density at radius 1 is 1.56 bits per heavy atom. The number of fused-ring (bicyclic) bond motifs is 1. The Bertz CT molecular complexity index is 596. The maximum Gasteiger partial charge on any atom is 0.342 e. The second kappa shape index (κ2) is 3.64. The van der Waals surface area contributed by atoms with E-state index in [1.165, 1.54) is 18.2 Å². The molecule has 0 radical (unpaired) electrons. The summed E-state index contributed by atoms with van der Waals surface area (Å²) < 4.78 is 5.04. The molecule has 1 aromatic heterocycles. The number of nitrogens with zero attached hydrogens (tertiary/aromatic N) is 2. The highest BCUT2D eigenvalue weighted by atomic mass is 16.4. The molecule has 0 fully saturated rings. The zero-order valence-electron chi connectivity index (χ0n) is 7.91. The lowest BCUT2D eigenvalue weighted by molar-refractivity contribution is -0.148. The first-order valence-electron chi connectivity index (χ1n) is 4.33. The minimum Gasteiger partial charge on any atom is -0.479 e. The fourth-order valence-electron chi connectivity index (χ4n) is 1.23. The number of carbonyl (C=O) groups is 1. The van der Waals surface area contributed by atoms with Crippen LogP contribution >= 0.6 is 0 Å². The highest BCUT2D eigenvalue weighted by Gasteiger charge is 2.22. The zero-order valence-corrected chi connectivity index (χ0v) is 7.91. The molecule has 2 aromatic rings. The van der Waals surface area contributed by atoms with Crippen molar-refractivity contribution in [3.63, 3.8) is 0 Å². The molecule has 1 aromatic carbocycles. The monoisotopic (exact) mass is 218 g/mol. The van der Waals surface area contributed by atoms with Crippen LogP contribution < -0.4 is 0 Å². The van der Waals surface area contributed by atoms with Crippen molar-refractivity contribution in [1.82, 2.24) is 4.98 Å². The minimum atomic E-state index is -1.79. The maximum absolute atomic E-state index is 10.5. The van der Waals surface area contributed by atoms with Crippen LogP contribution in [-0.4, -0.2) is 21.2 Å². The summed E-state index contributed by atoms with van der Waals surface area (Å²) in [6.45, 7) is 0. The van der Waals surface area contributed by atoms with Gasteiger partial charge in [0.15, 0.2) is 5.58 Å². The molecule has 0 bridgehead atoms. The summed E-state index contributed by atoms with van der Waals surface area (Å²) >= 11 is 0. The number of carboxylic acid groups (broad SMARTS) is 1. The normalized spacial score (nSPS) is 12.2. The second-order valence-corrected chi connectivity index (χ2v) is 3.09. The molecule has 2 N–H and O–H groups in total. The van der Waals surface area contributed by atoms with Crippen molar-refractivity contribution < 1.29 is 19.4 Å². The highest BCUT2D eigenvalue weighted by molar-refractivity contribution is 5.77. The first-order valence-corrected chi connectivity index (χ1v) is 4.33. The SMILES string of the molecule is N#Cc1ccc2nc(C(O)C(=O)O)oc2c1. The molecule has 0 aliphatic rings. The summed E-state index contributed by atoms with van der Waals surface area (Å²) in [7, 11) is 0. The van der Waals surface area contributed by atoms with Gasteiger partial charge in [-0.25, -0.2) is 9.78 Å². The Balaban J connectivity index is 2.52. The number of rotatable bonds is 2. The van der Waals surface area contributed by atoms with Gasteiger partial charge in [0.2, 0.25) is 12.0 Å². The Labute approximate surface area is 89.4 Å². The summed E-state index contributed by atoms with van der Waals surface area (Å²) in [5.74, 6) is -1.73. The lowest BCUT2D eigenvalue weighted by Gasteiger charge is -1.96. The van der Waals surface area contributed by atoms with Gasteiger partial charge < -0.3 is 14.6 Å². The molecule has 0 aliphatic carbocycles. The third-order valence-electron chi connectivity index (χ3n) is 2.00. The number of benzene rings is 1. The number of hydrogen-bond donors (Lipinski definition) is 2. The first-order chi connectivity index (χ1) is 7.61. The average molecular weight is 218 g/mol. The molecule has 6 nitrogen and oxygen atoms in total. The predicted octanol–water partition coefficient (Wildman–Crippen LogP) is 0.817. The van der Waals surface area contributed by atoms with Crippen LogP contribution in [0.3, 0.4) is 0 Å². The molecular formula is C10H6N2O4. The van der Waals surface area contributed by atoms with E-state index in [2.05, 4.69) is 4.98 Å². The summed E-state index contributed by atoms with van der Waals surface area (Å²) in [5, 5.41) is 26.4. The third-order valence-corrected chi connectivity index (χ3v) is 2.00. The predicted molar refractivity (Wildman–Crippen MR) is 51.3 cm³/mol. The molecule has 6 heteroatoms. The number of aliphatic hydroxyl groups is 1. The molecule has 0 aliphatic heterocycles. The zero-order chi connectivity index (χ0) is 11.7. The number of aromatic nitrogens is 1. The number of oxazole rings is 1. The Morgan fingerprint density at radius 3 is 2.94 bits per heavy atom. The van der Waals surface area contributed by atoms with E-state index in [-0.39, 0.29) is 11.5 Å². The topological polar surface area (TPSA) is 107 Å². The molecule has 1 unspecified atom stereocenters. The highest BCUT2D eigenvalue weighted by Crippen LogP contribution is 2.21. The van der Waals surface area contributed by atoms with Crippen LogP contribution in [0.4, 0.5) is 0 Å². The van der Waals surface area contributed by atoms with Gasteiger partial charge in [0.1, 0.15) is 5.52 Å². The van der Waals surface area contributed by atoms with Gasteiger partial charge in [-0.2, -0.15) is 5.26 Å². The van der Waals surface area contributed by atoms with Crippen molar-refractivity contribution in [3.05, 3.63) is 29.7 Å². The van der Waals surface area contributed by atoms with Crippen LogP contribution in [0.15, 0.2) is 22.6 Å². The van der Waals surface area contributed by atoms with Crippen molar-refractivity contribution in [2.24, 2.45) is 0 Å². The summed E-state index contributed by atoms with van der Waals surface area (Å²) in [6, 6.07) is 6.40. The summed E-state index contributed by atoms with van der Waals surface area (Å²) in [4.78, 5) is 14.3. The van der Waals surface area contributed by atoms with E-state index in [1.807, 2.05) is 6.07 Å². The van der Waals surface area contributed by atoms with Crippen molar-refractivity contribution in [1.29, 1.82) is 5.26 Å². The van der Waals surface area contributed by atoms with Gasteiger partial charge in [-0.15, -0.1) is 0 Å². The van der Waals surface area contributed by atoms with E-state index in [9.17, 15) is 9.90 Å². The van der Waals surface area contributed by atoms with Gasteiger partial charge in [0.05, 0.1) is 11.6 Å². The number of nitriles is 1. The molecule has 1 heterocycles. The molecular weight excluding hydrogens is 212 g/mol. The molecule has 16 heavy (non-hydrogen) atoms. The van der Waals surface area contributed by atoms with E-state index in [1.54, 1.807) is 0 Å². The standard InChI is InChI=1S/C10H6N2O4/c11-4-5-1-2-6-7(3-5)16-9(12-6)8(13)10(14)15/h1-3,8,13H,(H,14,15). The Morgan fingerprint density at radius 2 is 2.31 bits per heavy atom. The molecule has 0 saturated heterocycles. The van der Waals surface area contributed by atoms with Gasteiger partial charge in [-0.1, -0.05) is 0 Å². The number of carboxylic acids is 1. The van der Waals surface area contributed by atoms with E-state index in [4.69, 9.17) is 14.8 Å². The number of aliphatic hydroxyl groups excluding tert-OH is 1. The molecule has 80 valence electrons. The van der Waals surface area contributed by atoms with E-state index < -0.39 is 12.1 Å². The summed E-state index contributed by atoms with van der Waals surface area (Å²) in [6.07, 6.45) is -1.79. The number of hydrogen-bond acceptors (Lipinski definition) is 5. The van der Waals surface area contributed by atoms with Gasteiger partial charge in [0.25, 0.3) is 0 Å². The maximum atomic E-state index is 10.5. The molecule has 1 atom stereocenters. The first kappa shape index (κ1) is 10.1. The minimum absolute atomic E-state index is 0.273. The number of aliphatic carboxylic acids is 1. The van der Waals surface area contributed by atoms with Crippen LogP contribution in [0.1, 0.15) is 17.6 Å². The van der Waals surface area contributed by atoms with Crippen LogP contribution in [0.2, 0.25) is 0 Å². The molecule has 0 spiro atoms. The van der Waals surface area contributed by atoms with E-state index in [0.29, 0.717) is 11.1 Å². The van der Waals surface area contributed by atoms with E-state index >= 15 is 0 Å². The third kappa shape index (κ3) is 1.60. The van der Waals surface area contributed by atoms with Gasteiger partial charge in [-0.05, 0) is 12.1 Å². The Kier molecular flexibility index (Phi) is 2.31. The quantitative estimate of drug-likeness (QED) is 0.772. The van der Waals surface area contributed by atoms with Crippen LogP contribution in [0.5, 0.6) is 0 Å². The molecule has 0 amide bonds. The van der Waals surface area contributed by atoms with Gasteiger partial charge >= 0.3 is 5.97 Å². The van der Waals surface area contributed by atoms with Crippen LogP contribution in [0, 0.1) is 11.3 Å². The van der Waals surface area contributed by atoms with Crippen LogP contribution in [0.25, 0.3) is 11.1 Å². The van der Waals surface area contributed by atoms with Crippen molar-refractivity contribution in [3.8, 4) is 6.07 Å². The summed E-state index contributed by atoms with van der Waals surface area (Å²) in [5.41, 5.74) is 1.05. The molecule has 0 saturated carbocycles. The lowest BCUT2D eigenvalue weighted by Crippen LogP contribution is -2.10. The van der Waals surface area contributed by atoms with Crippen molar-refractivity contribution in [2.45, 2.75) is 6.10 Å². The lowest BCUT2D eigenvalue weighted by atomic mass is 10.2. The van der Waals surface area contributed by atoms with Crippen molar-refractivity contribution in [2.75, 3.05) is 0 Å². The van der Waals surface area contributed by atoms with Gasteiger partial charge in [0, 0.05) is 6.07 Å². The van der Waals surface area contributed by atoms with Crippen molar-refractivity contribution >= 4 is 17.1 Å². The largest absolute Gasteiger partial charge is 0.479 e. The smallest absolute Gasteiger partial charge is 0.342 e. The van der Waals surface area contributed by atoms with Crippen LogP contribution in [-0.2, 0) is 4.79 Å². The molecule has 2 rings (SSSR count). The second-order valence-electron chi connectivity index (χ2n) is 3.09.